The van der Waals surface area contributed by atoms with Crippen molar-refractivity contribution in [3.8, 4) is 5.88 Å². The number of nitrogens with zero attached hydrogens (tertiary/aromatic N) is 4. The molecule has 5 rings (SSSR count). The van der Waals surface area contributed by atoms with E-state index >= 15 is 0 Å². The number of aromatic amines is 1. The monoisotopic (exact) mass is 607 g/mol. The van der Waals surface area contributed by atoms with Gasteiger partial charge in [-0.25, -0.2) is 4.98 Å². The lowest BCUT2D eigenvalue weighted by Gasteiger charge is -2.26. The molecule has 1 aliphatic rings. The summed E-state index contributed by atoms with van der Waals surface area (Å²) >= 11 is 0. The van der Waals surface area contributed by atoms with E-state index < -0.39 is 18.5 Å². The molecule has 1 N–H and O–H groups in total. The van der Waals surface area contributed by atoms with E-state index in [1.807, 2.05) is 13.1 Å². The third kappa shape index (κ3) is 7.16. The number of hydrogen-bond acceptors (Lipinski definition) is 5. The van der Waals surface area contributed by atoms with E-state index in [1.54, 1.807) is 74.8 Å². The van der Waals surface area contributed by atoms with Crippen LogP contribution in [0.2, 0.25) is 0 Å². The number of allylic oxidation sites excluding steroid dienone is 1. The molecule has 0 radical (unpaired) electrons. The molecule has 4 aromatic rings. The number of amides is 1. The molecule has 2 aromatic heterocycles. The van der Waals surface area contributed by atoms with Crippen LogP contribution in [0.3, 0.4) is 0 Å². The van der Waals surface area contributed by atoms with E-state index in [0.717, 1.165) is 12.8 Å². The van der Waals surface area contributed by atoms with Gasteiger partial charge in [0, 0.05) is 44.5 Å². The molecule has 0 atom stereocenters. The second kappa shape index (κ2) is 12.6. The second-order valence-electron chi connectivity index (χ2n) is 11.2. The van der Waals surface area contributed by atoms with E-state index in [-0.39, 0.29) is 28.0 Å². The number of likely N-dealkylation sites (N-methyl/N-ethyl adjacent to an activating group) is 2. The van der Waals surface area contributed by atoms with Crippen LogP contribution < -0.4 is 4.74 Å². The highest BCUT2D eigenvalue weighted by molar-refractivity contribution is 6.00. The van der Waals surface area contributed by atoms with Gasteiger partial charge in [-0.1, -0.05) is 42.5 Å². The minimum atomic E-state index is -4.50. The summed E-state index contributed by atoms with van der Waals surface area (Å²) in [4.78, 5) is 19.9. The zero-order chi connectivity index (χ0) is 31.5. The summed E-state index contributed by atoms with van der Waals surface area (Å²) in [5.41, 5.74) is 1.79. The van der Waals surface area contributed by atoms with Gasteiger partial charge in [-0.05, 0) is 60.4 Å². The summed E-state index contributed by atoms with van der Waals surface area (Å²) in [6, 6.07) is 16.4. The largest absolute Gasteiger partial charge is 0.476 e. The fraction of sp³-hybridized carbons (Fsp3) is 0.303. The van der Waals surface area contributed by atoms with Crippen molar-refractivity contribution in [1.82, 2.24) is 25.0 Å². The smallest absolute Gasteiger partial charge is 0.393 e. The van der Waals surface area contributed by atoms with Crippen molar-refractivity contribution in [2.45, 2.75) is 31.0 Å². The van der Waals surface area contributed by atoms with Gasteiger partial charge < -0.3 is 9.64 Å². The molecule has 44 heavy (non-hydrogen) atoms. The van der Waals surface area contributed by atoms with Crippen LogP contribution in [0.1, 0.15) is 36.0 Å². The number of carbonyl (C=O) groups is 1. The zero-order valence-corrected chi connectivity index (χ0v) is 24.7. The van der Waals surface area contributed by atoms with Gasteiger partial charge in [0.15, 0.2) is 0 Å². The van der Waals surface area contributed by atoms with Crippen LogP contribution in [0.4, 0.5) is 17.6 Å². The number of hydrogen-bond donors (Lipinski definition) is 1. The lowest BCUT2D eigenvalue weighted by molar-refractivity contribution is -0.124. The lowest BCUT2D eigenvalue weighted by atomic mass is 9.88. The molecule has 11 heteroatoms. The Kier molecular flexibility index (Phi) is 8.87. The molecular formula is C33H33F4N5O2. The second-order valence-corrected chi connectivity index (χ2v) is 11.2. The highest BCUT2D eigenvalue weighted by Crippen LogP contribution is 2.42. The van der Waals surface area contributed by atoms with Gasteiger partial charge in [0.1, 0.15) is 6.61 Å². The first kappa shape index (κ1) is 30.9. The Balaban J connectivity index is 1.44. The Morgan fingerprint density at radius 3 is 2.39 bits per heavy atom. The fourth-order valence-corrected chi connectivity index (χ4v) is 5.08. The molecule has 0 spiro atoms. The van der Waals surface area contributed by atoms with Crippen molar-refractivity contribution in [2.24, 2.45) is 0 Å². The number of alkyl halides is 3. The molecule has 1 amide bonds. The van der Waals surface area contributed by atoms with Crippen LogP contribution in [-0.2, 0) is 4.79 Å². The molecule has 0 aliphatic heterocycles. The number of nitrogens with one attached hydrogen (secondary N) is 1. The Morgan fingerprint density at radius 1 is 1.02 bits per heavy atom. The van der Waals surface area contributed by atoms with Gasteiger partial charge in [0.25, 0.3) is 0 Å². The summed E-state index contributed by atoms with van der Waals surface area (Å²) < 4.78 is 62.4. The molecule has 0 saturated heterocycles. The highest BCUT2D eigenvalue weighted by atomic mass is 19.4. The van der Waals surface area contributed by atoms with Crippen LogP contribution in [0, 0.1) is 5.95 Å². The molecular weight excluding hydrogens is 574 g/mol. The normalized spacial score (nSPS) is 15.1. The van der Waals surface area contributed by atoms with E-state index in [0.29, 0.717) is 41.2 Å². The van der Waals surface area contributed by atoms with Gasteiger partial charge in [-0.3, -0.25) is 14.8 Å². The maximum Gasteiger partial charge on any atom is 0.393 e. The van der Waals surface area contributed by atoms with Crippen LogP contribution >= 0.6 is 0 Å². The third-order valence-electron chi connectivity index (χ3n) is 7.84. The van der Waals surface area contributed by atoms with Crippen molar-refractivity contribution in [3.05, 3.63) is 102 Å². The molecule has 2 aromatic carbocycles. The van der Waals surface area contributed by atoms with Crippen molar-refractivity contribution in [3.63, 3.8) is 0 Å². The third-order valence-corrected chi connectivity index (χ3v) is 7.84. The van der Waals surface area contributed by atoms with E-state index in [9.17, 15) is 22.4 Å². The van der Waals surface area contributed by atoms with E-state index in [2.05, 4.69) is 20.1 Å². The maximum absolute atomic E-state index is 14.4. The van der Waals surface area contributed by atoms with Gasteiger partial charge in [0.05, 0.1) is 22.9 Å². The van der Waals surface area contributed by atoms with E-state index in [1.165, 1.54) is 17.2 Å². The highest BCUT2D eigenvalue weighted by Gasteiger charge is 2.47. The SMILES string of the molecule is CN(C)C(=O)C=CCN(C)C1(COc2ccc(/C(=C(/CC(F)(F)F)c3ccccc3)c3ccc4[nH]nc(F)c4c3)cn2)CC1. The van der Waals surface area contributed by atoms with Crippen molar-refractivity contribution in [2.75, 3.05) is 34.3 Å². The van der Waals surface area contributed by atoms with Crippen LogP contribution in [-0.4, -0.2) is 76.9 Å². The molecule has 7 nitrogen and oxygen atoms in total. The lowest BCUT2D eigenvalue weighted by Crippen LogP contribution is -2.39. The zero-order valence-electron chi connectivity index (χ0n) is 24.7. The Morgan fingerprint density at radius 2 is 1.75 bits per heavy atom. The van der Waals surface area contributed by atoms with Crippen LogP contribution in [0.15, 0.2) is 79.0 Å². The Bertz CT molecular complexity index is 1670. The van der Waals surface area contributed by atoms with Crippen molar-refractivity contribution < 1.29 is 27.1 Å². The van der Waals surface area contributed by atoms with Crippen LogP contribution in [0.25, 0.3) is 22.0 Å². The number of fused-ring (bicyclic) bond motifs is 1. The molecule has 0 unspecified atom stereocenters. The molecule has 1 fully saturated rings. The number of benzene rings is 2. The average molecular weight is 608 g/mol. The minimum Gasteiger partial charge on any atom is -0.476 e. The first-order valence-corrected chi connectivity index (χ1v) is 14.1. The number of H-pyrrole nitrogens is 1. The molecule has 0 bridgehead atoms. The molecule has 1 saturated carbocycles. The number of rotatable bonds is 11. The molecule has 230 valence electrons. The topological polar surface area (TPSA) is 74.3 Å². The first-order valence-electron chi connectivity index (χ1n) is 14.1. The number of halogens is 4. The first-order chi connectivity index (χ1) is 21.0. The van der Waals surface area contributed by atoms with Crippen molar-refractivity contribution in [1.29, 1.82) is 0 Å². The van der Waals surface area contributed by atoms with Gasteiger partial charge in [-0.2, -0.15) is 17.6 Å². The van der Waals surface area contributed by atoms with E-state index in [4.69, 9.17) is 4.74 Å². The number of aromatic nitrogens is 3. The maximum atomic E-state index is 14.4. The summed E-state index contributed by atoms with van der Waals surface area (Å²) in [5, 5.41) is 6.35. The minimum absolute atomic E-state index is 0.0381. The average Bonchev–Trinajstić information content (AvgIpc) is 3.72. The molecule has 1 aliphatic carbocycles. The summed E-state index contributed by atoms with van der Waals surface area (Å²) in [6.45, 7) is 0.945. The van der Waals surface area contributed by atoms with Gasteiger partial charge in [-0.15, -0.1) is 5.10 Å². The standard InChI is InChI=1S/C33H33F4N5O2/c1-41(2)29(43)10-7-17-42(3)32(15-16-32)21-44-28-14-12-24(20-38-28)30(23-11-13-27-25(18-23)31(34)40-39-27)26(19-33(35,36)37)22-8-5-4-6-9-22/h4-14,18,20H,15-17,19,21H2,1-3H3,(H,39,40)/b10-7?,30-26-. The van der Waals surface area contributed by atoms with Crippen LogP contribution in [0.5, 0.6) is 5.88 Å². The fourth-order valence-electron chi connectivity index (χ4n) is 5.08. The number of ether oxygens (including phenoxy) is 1. The summed E-state index contributed by atoms with van der Waals surface area (Å²) in [5.74, 6) is -0.490. The quantitative estimate of drug-likeness (QED) is 0.120. The van der Waals surface area contributed by atoms with Gasteiger partial charge in [0.2, 0.25) is 17.7 Å². The number of pyridine rings is 1. The summed E-state index contributed by atoms with van der Waals surface area (Å²) in [7, 11) is 5.36. The number of carbonyl (C=O) groups excluding carboxylic acids is 1. The summed E-state index contributed by atoms with van der Waals surface area (Å²) in [6.07, 6.45) is 1.00. The predicted molar refractivity (Wildman–Crippen MR) is 161 cm³/mol. The Labute approximate surface area is 252 Å². The Hall–Kier alpha value is -4.51. The predicted octanol–water partition coefficient (Wildman–Crippen LogP) is 6.50. The van der Waals surface area contributed by atoms with Gasteiger partial charge >= 0.3 is 6.18 Å². The van der Waals surface area contributed by atoms with Crippen molar-refractivity contribution >= 4 is 28.0 Å². The molecule has 2 heterocycles.